The van der Waals surface area contributed by atoms with Gasteiger partial charge in [-0.25, -0.2) is 14.7 Å². The van der Waals surface area contributed by atoms with Gasteiger partial charge in [-0.1, -0.05) is 18.0 Å². The van der Waals surface area contributed by atoms with E-state index in [0.29, 0.717) is 6.54 Å². The molecule has 0 amide bonds. The lowest BCUT2D eigenvalue weighted by Gasteiger charge is -2.31. The summed E-state index contributed by atoms with van der Waals surface area (Å²) in [6.07, 6.45) is 4.21. The Hall–Kier alpha value is -0.920. The quantitative estimate of drug-likeness (QED) is 0.859. The third kappa shape index (κ3) is 3.09. The highest BCUT2D eigenvalue weighted by Gasteiger charge is 2.29. The number of nitrogens with zero attached hydrogens (tertiary/aromatic N) is 3. The van der Waals surface area contributed by atoms with Gasteiger partial charge in [-0.05, 0) is 25.8 Å². The molecule has 2 heterocycles. The van der Waals surface area contributed by atoms with Crippen molar-refractivity contribution in [3.63, 3.8) is 0 Å². The SMILES string of the molecule is CC1CCCCN1S(=O)(=O)Nc1nccc(Cl)n1. The summed E-state index contributed by atoms with van der Waals surface area (Å²) in [4.78, 5) is 7.65. The smallest absolute Gasteiger partial charge is 0.238 e. The van der Waals surface area contributed by atoms with Crippen molar-refractivity contribution in [3.8, 4) is 0 Å². The van der Waals surface area contributed by atoms with Crippen molar-refractivity contribution in [3.05, 3.63) is 17.4 Å². The van der Waals surface area contributed by atoms with Crippen LogP contribution in [0.2, 0.25) is 5.15 Å². The van der Waals surface area contributed by atoms with Crippen LogP contribution in [-0.4, -0.2) is 35.3 Å². The van der Waals surface area contributed by atoms with Crippen LogP contribution in [0.15, 0.2) is 12.3 Å². The molecule has 1 saturated heterocycles. The van der Waals surface area contributed by atoms with E-state index in [-0.39, 0.29) is 17.1 Å². The summed E-state index contributed by atoms with van der Waals surface area (Å²) in [6, 6.07) is 1.48. The highest BCUT2D eigenvalue weighted by Crippen LogP contribution is 2.20. The predicted octanol–water partition coefficient (Wildman–Crippen LogP) is 1.66. The standard InChI is InChI=1S/C10H15ClN4O2S/c1-8-4-2-3-7-15(8)18(16,17)14-10-12-6-5-9(11)13-10/h5-6,8H,2-4,7H2,1H3,(H,12,13,14). The van der Waals surface area contributed by atoms with Crippen LogP contribution in [0.1, 0.15) is 26.2 Å². The molecule has 0 aliphatic carbocycles. The summed E-state index contributed by atoms with van der Waals surface area (Å²) in [5.41, 5.74) is 0. The van der Waals surface area contributed by atoms with Crippen LogP contribution in [0.5, 0.6) is 0 Å². The maximum atomic E-state index is 12.2. The zero-order valence-corrected chi connectivity index (χ0v) is 11.6. The monoisotopic (exact) mass is 290 g/mol. The molecule has 18 heavy (non-hydrogen) atoms. The Labute approximate surface area is 112 Å². The molecule has 0 radical (unpaired) electrons. The van der Waals surface area contributed by atoms with Gasteiger partial charge in [0, 0.05) is 18.8 Å². The fourth-order valence-electron chi connectivity index (χ4n) is 1.99. The molecule has 100 valence electrons. The van der Waals surface area contributed by atoms with E-state index < -0.39 is 10.2 Å². The van der Waals surface area contributed by atoms with Crippen molar-refractivity contribution in [2.45, 2.75) is 32.2 Å². The van der Waals surface area contributed by atoms with Crippen LogP contribution >= 0.6 is 11.6 Å². The van der Waals surface area contributed by atoms with Crippen molar-refractivity contribution in [2.75, 3.05) is 11.3 Å². The van der Waals surface area contributed by atoms with Gasteiger partial charge < -0.3 is 0 Å². The fourth-order valence-corrected chi connectivity index (χ4v) is 3.52. The van der Waals surface area contributed by atoms with E-state index in [9.17, 15) is 8.42 Å². The number of piperidine rings is 1. The van der Waals surface area contributed by atoms with E-state index in [1.165, 1.54) is 16.6 Å². The van der Waals surface area contributed by atoms with Crippen molar-refractivity contribution >= 4 is 27.8 Å². The number of nitrogens with one attached hydrogen (secondary N) is 1. The summed E-state index contributed by atoms with van der Waals surface area (Å²) in [5, 5.41) is 0.203. The third-order valence-corrected chi connectivity index (χ3v) is 4.70. The number of hydrogen-bond donors (Lipinski definition) is 1. The van der Waals surface area contributed by atoms with Crippen LogP contribution in [0, 0.1) is 0 Å². The van der Waals surface area contributed by atoms with Crippen LogP contribution in [-0.2, 0) is 10.2 Å². The molecule has 1 N–H and O–H groups in total. The second-order valence-corrected chi connectivity index (χ2v) is 6.28. The first-order valence-corrected chi connectivity index (χ1v) is 7.59. The normalized spacial score (nSPS) is 21.8. The van der Waals surface area contributed by atoms with Crippen molar-refractivity contribution in [1.29, 1.82) is 0 Å². The van der Waals surface area contributed by atoms with Crippen LogP contribution in [0.25, 0.3) is 0 Å². The molecule has 0 saturated carbocycles. The van der Waals surface area contributed by atoms with Gasteiger partial charge in [-0.2, -0.15) is 12.7 Å². The maximum Gasteiger partial charge on any atom is 0.304 e. The molecule has 0 spiro atoms. The molecule has 1 atom stereocenters. The number of rotatable bonds is 3. The first kappa shape index (κ1) is 13.5. The number of anilines is 1. The Kier molecular flexibility index (Phi) is 4.04. The fraction of sp³-hybridized carbons (Fsp3) is 0.600. The zero-order chi connectivity index (χ0) is 13.2. The molecule has 1 unspecified atom stereocenters. The Balaban J connectivity index is 2.16. The minimum Gasteiger partial charge on any atom is -0.238 e. The summed E-state index contributed by atoms with van der Waals surface area (Å²) < 4.78 is 28.1. The molecule has 1 aromatic rings. The van der Waals surface area contributed by atoms with E-state index >= 15 is 0 Å². The molecular weight excluding hydrogens is 276 g/mol. The molecule has 0 bridgehead atoms. The summed E-state index contributed by atoms with van der Waals surface area (Å²) in [5.74, 6) is 0.000253. The molecule has 8 heteroatoms. The first-order valence-electron chi connectivity index (χ1n) is 5.77. The van der Waals surface area contributed by atoms with E-state index in [1.807, 2.05) is 6.92 Å². The van der Waals surface area contributed by atoms with Gasteiger partial charge in [0.1, 0.15) is 5.15 Å². The van der Waals surface area contributed by atoms with E-state index in [1.54, 1.807) is 0 Å². The van der Waals surface area contributed by atoms with Gasteiger partial charge in [-0.15, -0.1) is 0 Å². The van der Waals surface area contributed by atoms with Gasteiger partial charge in [0.15, 0.2) is 0 Å². The average molecular weight is 291 g/mol. The number of hydrogen-bond acceptors (Lipinski definition) is 4. The highest BCUT2D eigenvalue weighted by atomic mass is 35.5. The second-order valence-electron chi connectivity index (χ2n) is 4.27. The first-order chi connectivity index (χ1) is 8.49. The van der Waals surface area contributed by atoms with E-state index in [0.717, 1.165) is 19.3 Å². The minimum atomic E-state index is -3.60. The van der Waals surface area contributed by atoms with Gasteiger partial charge >= 0.3 is 10.2 Å². The third-order valence-electron chi connectivity index (χ3n) is 2.89. The van der Waals surface area contributed by atoms with Gasteiger partial charge in [0.05, 0.1) is 0 Å². The van der Waals surface area contributed by atoms with Gasteiger partial charge in [0.2, 0.25) is 5.95 Å². The molecule has 1 aliphatic rings. The maximum absolute atomic E-state index is 12.2. The molecule has 2 rings (SSSR count). The topological polar surface area (TPSA) is 75.2 Å². The number of aromatic nitrogens is 2. The highest BCUT2D eigenvalue weighted by molar-refractivity contribution is 7.90. The van der Waals surface area contributed by atoms with E-state index in [4.69, 9.17) is 11.6 Å². The minimum absolute atomic E-state index is 0.000253. The lowest BCUT2D eigenvalue weighted by molar-refractivity contribution is 0.270. The van der Waals surface area contributed by atoms with Gasteiger partial charge in [0.25, 0.3) is 0 Å². The lowest BCUT2D eigenvalue weighted by atomic mass is 10.1. The predicted molar refractivity (Wildman–Crippen MR) is 69.6 cm³/mol. The zero-order valence-electron chi connectivity index (χ0n) is 10.0. The summed E-state index contributed by atoms with van der Waals surface area (Å²) >= 11 is 5.69. The largest absolute Gasteiger partial charge is 0.304 e. The van der Waals surface area contributed by atoms with Crippen LogP contribution < -0.4 is 4.72 Å². The Morgan fingerprint density at radius 1 is 1.50 bits per heavy atom. The van der Waals surface area contributed by atoms with E-state index in [2.05, 4.69) is 14.7 Å². The van der Waals surface area contributed by atoms with Crippen molar-refractivity contribution in [2.24, 2.45) is 0 Å². The average Bonchev–Trinajstić information content (AvgIpc) is 2.28. The molecule has 1 aliphatic heterocycles. The van der Waals surface area contributed by atoms with Crippen LogP contribution in [0.4, 0.5) is 5.95 Å². The van der Waals surface area contributed by atoms with Gasteiger partial charge in [-0.3, -0.25) is 0 Å². The summed E-state index contributed by atoms with van der Waals surface area (Å²) in [6.45, 7) is 2.42. The Morgan fingerprint density at radius 2 is 2.28 bits per heavy atom. The molecule has 1 fully saturated rings. The second kappa shape index (κ2) is 5.38. The Morgan fingerprint density at radius 3 is 2.94 bits per heavy atom. The van der Waals surface area contributed by atoms with Crippen molar-refractivity contribution < 1.29 is 8.42 Å². The number of halogens is 1. The lowest BCUT2D eigenvalue weighted by Crippen LogP contribution is -2.45. The van der Waals surface area contributed by atoms with Crippen molar-refractivity contribution in [1.82, 2.24) is 14.3 Å². The molecule has 0 aromatic carbocycles. The molecular formula is C10H15ClN4O2S. The van der Waals surface area contributed by atoms with Crippen LogP contribution in [0.3, 0.4) is 0 Å². The molecule has 6 nitrogen and oxygen atoms in total. The summed E-state index contributed by atoms with van der Waals surface area (Å²) in [7, 11) is -3.60. The molecule has 1 aromatic heterocycles. The Bertz CT molecular complexity index is 522.